The number of hydrogen-bond acceptors (Lipinski definition) is 10. The van der Waals surface area contributed by atoms with Gasteiger partial charge in [-0.05, 0) is 101 Å². The maximum atomic E-state index is 14.7. The fraction of sp³-hybridized carbons (Fsp3) is 0.649. The summed E-state index contributed by atoms with van der Waals surface area (Å²) in [5.41, 5.74) is -5.91. The summed E-state index contributed by atoms with van der Waals surface area (Å²) in [4.78, 5) is 66.4. The highest BCUT2D eigenvalue weighted by Crippen LogP contribution is 2.74. The molecule has 0 aliphatic heterocycles. The van der Waals surface area contributed by atoms with E-state index >= 15 is 0 Å². The summed E-state index contributed by atoms with van der Waals surface area (Å²) < 4.78 is 16.2. The first-order valence-electron chi connectivity index (χ1n) is 16.4. The third-order valence-electron chi connectivity index (χ3n) is 12.5. The van der Waals surface area contributed by atoms with Crippen molar-refractivity contribution in [3.63, 3.8) is 0 Å². The van der Waals surface area contributed by atoms with E-state index in [9.17, 15) is 34.2 Å². The van der Waals surface area contributed by atoms with Crippen LogP contribution in [-0.2, 0) is 28.7 Å². The van der Waals surface area contributed by atoms with Gasteiger partial charge in [-0.25, -0.2) is 4.79 Å². The maximum absolute atomic E-state index is 14.7. The van der Waals surface area contributed by atoms with Crippen LogP contribution in [0.3, 0.4) is 0 Å². The van der Waals surface area contributed by atoms with Crippen molar-refractivity contribution in [3.8, 4) is 0 Å². The third kappa shape index (κ3) is 5.17. The first kappa shape index (κ1) is 35.0. The van der Waals surface area contributed by atoms with Crippen molar-refractivity contribution in [3.05, 3.63) is 48.0 Å². The molecule has 10 nitrogen and oxygen atoms in total. The lowest BCUT2D eigenvalue weighted by atomic mass is 9.38. The lowest BCUT2D eigenvalue weighted by molar-refractivity contribution is -0.183. The van der Waals surface area contributed by atoms with Gasteiger partial charge in [-0.3, -0.25) is 19.2 Å². The van der Waals surface area contributed by atoms with Gasteiger partial charge >= 0.3 is 11.9 Å². The van der Waals surface area contributed by atoms with Gasteiger partial charge in [0.05, 0.1) is 12.4 Å². The van der Waals surface area contributed by atoms with Crippen LogP contribution >= 0.6 is 0 Å². The van der Waals surface area contributed by atoms with Crippen molar-refractivity contribution in [1.82, 2.24) is 0 Å². The van der Waals surface area contributed by atoms with E-state index in [2.05, 4.69) is 0 Å². The molecule has 1 heterocycles. The highest BCUT2D eigenvalue weighted by molar-refractivity contribution is 5.98. The van der Waals surface area contributed by atoms with Gasteiger partial charge in [0.25, 0.3) is 0 Å². The van der Waals surface area contributed by atoms with E-state index in [0.29, 0.717) is 6.42 Å². The van der Waals surface area contributed by atoms with E-state index in [4.69, 9.17) is 13.9 Å². The summed E-state index contributed by atoms with van der Waals surface area (Å²) in [5, 5.41) is 23.6. The molecule has 1 aromatic heterocycles. The van der Waals surface area contributed by atoms with E-state index < -0.39 is 74.6 Å². The Morgan fingerprint density at radius 3 is 2.32 bits per heavy atom. The van der Waals surface area contributed by atoms with Gasteiger partial charge in [0.15, 0.2) is 17.7 Å². The van der Waals surface area contributed by atoms with Gasteiger partial charge in [-0.1, -0.05) is 32.4 Å². The lowest BCUT2D eigenvalue weighted by Crippen LogP contribution is -2.65. The largest absolute Gasteiger partial charge is 0.457 e. The van der Waals surface area contributed by atoms with Crippen molar-refractivity contribution < 1.29 is 48.1 Å². The molecule has 1 aromatic rings. The van der Waals surface area contributed by atoms with Gasteiger partial charge in [-0.2, -0.15) is 0 Å². The second-order valence-corrected chi connectivity index (χ2v) is 16.1. The number of allylic oxidation sites excluding steroid dienone is 2. The molecule has 256 valence electrons. The number of hydrogen-bond donors (Lipinski definition) is 2. The number of esters is 2. The van der Waals surface area contributed by atoms with E-state index in [0.717, 1.165) is 5.57 Å². The zero-order chi connectivity index (χ0) is 35.1. The molecule has 3 fully saturated rings. The normalized spacial score (nSPS) is 37.7. The third-order valence-corrected chi connectivity index (χ3v) is 12.5. The molecular formula is C37H48O10. The van der Waals surface area contributed by atoms with Crippen LogP contribution in [-0.4, -0.2) is 62.9 Å². The number of aliphatic hydroxyl groups is 2. The number of carbonyl (C=O) groups is 5. The zero-order valence-electron chi connectivity index (χ0n) is 28.8. The van der Waals surface area contributed by atoms with Crippen molar-refractivity contribution in [2.75, 3.05) is 0 Å². The molecule has 5 rings (SSSR count). The summed E-state index contributed by atoms with van der Waals surface area (Å²) in [5.74, 6) is -3.94. The first-order chi connectivity index (χ1) is 21.5. The minimum Gasteiger partial charge on any atom is -0.457 e. The first-order valence-corrected chi connectivity index (χ1v) is 16.4. The Morgan fingerprint density at radius 2 is 1.72 bits per heavy atom. The standard InChI is InChI=1S/C37H48O10/c1-20(38)47-32(2,3)15-14-27(40)37(9,44)29-23(39)18-34(6)26-13-12-21-22(36(26,8)28(41)19-35(29,34)7)17-25(30(42)33(21,4)5)46-31(43)24-11-10-16-45-24/h10-12,14-16,22-23,25-26,29,39,44H,13,17-19H2,1-9H3/b15-14+/t22-,23-,25+,26+,29+,34+,35-,36+,37+/m1/s1. The lowest BCUT2D eigenvalue weighted by Gasteiger charge is -2.64. The molecule has 0 radical (unpaired) electrons. The molecule has 0 bridgehead atoms. The van der Waals surface area contributed by atoms with Crippen molar-refractivity contribution >= 4 is 29.3 Å². The zero-order valence-corrected chi connectivity index (χ0v) is 28.8. The molecule has 47 heavy (non-hydrogen) atoms. The molecule has 3 saturated carbocycles. The Balaban J connectivity index is 1.50. The molecule has 4 aliphatic rings. The average molecular weight is 653 g/mol. The summed E-state index contributed by atoms with van der Waals surface area (Å²) >= 11 is 0. The topological polar surface area (TPSA) is 157 Å². The van der Waals surface area contributed by atoms with Gasteiger partial charge in [0.1, 0.15) is 17.0 Å². The molecule has 0 aromatic carbocycles. The van der Waals surface area contributed by atoms with Crippen molar-refractivity contribution in [2.24, 2.45) is 39.4 Å². The van der Waals surface area contributed by atoms with Crippen LogP contribution in [0.2, 0.25) is 0 Å². The summed E-state index contributed by atoms with van der Waals surface area (Å²) in [7, 11) is 0. The number of fused-ring (bicyclic) bond motifs is 5. The number of Topliss-reactive ketones (excluding diaryl/α,β-unsaturated/α-hetero) is 2. The second-order valence-electron chi connectivity index (χ2n) is 16.1. The van der Waals surface area contributed by atoms with Crippen LogP contribution in [0.1, 0.15) is 98.6 Å². The minimum absolute atomic E-state index is 0.000678. The van der Waals surface area contributed by atoms with Gasteiger partial charge in [0.2, 0.25) is 5.76 Å². The highest BCUT2D eigenvalue weighted by atomic mass is 16.6. The van der Waals surface area contributed by atoms with Gasteiger partial charge < -0.3 is 24.1 Å². The highest BCUT2D eigenvalue weighted by Gasteiger charge is 2.74. The average Bonchev–Trinajstić information content (AvgIpc) is 3.55. The molecule has 9 atom stereocenters. The van der Waals surface area contributed by atoms with Crippen molar-refractivity contribution in [1.29, 1.82) is 0 Å². The van der Waals surface area contributed by atoms with Crippen LogP contribution in [0.25, 0.3) is 0 Å². The SMILES string of the molecule is CC(=O)OC(C)(C)/C=C/C(=O)[C@](C)(O)[C@H]1[C@H](O)C[C@@]2(C)[C@@H]3CC=C4[C@@H](C[C@H](OC(=O)c5ccco5)C(=O)C4(C)C)[C@]3(C)C(=O)C[C@]12C. The van der Waals surface area contributed by atoms with Crippen LogP contribution in [0.15, 0.2) is 46.6 Å². The predicted molar refractivity (Wildman–Crippen MR) is 170 cm³/mol. The van der Waals surface area contributed by atoms with E-state index in [1.807, 2.05) is 26.8 Å². The summed E-state index contributed by atoms with van der Waals surface area (Å²) in [6.45, 7) is 15.3. The molecule has 0 amide bonds. The summed E-state index contributed by atoms with van der Waals surface area (Å²) in [6.07, 6.45) is 4.68. The van der Waals surface area contributed by atoms with Crippen LogP contribution in [0.4, 0.5) is 0 Å². The molecule has 0 saturated heterocycles. The number of ketones is 3. The number of furan rings is 1. The molecular weight excluding hydrogens is 604 g/mol. The molecule has 0 spiro atoms. The predicted octanol–water partition coefficient (Wildman–Crippen LogP) is 4.96. The number of aliphatic hydroxyl groups excluding tert-OH is 1. The second kappa shape index (κ2) is 11.1. The maximum Gasteiger partial charge on any atom is 0.374 e. The fourth-order valence-electron chi connectivity index (χ4n) is 10.1. The summed E-state index contributed by atoms with van der Waals surface area (Å²) in [6, 6.07) is 3.03. The molecule has 2 N–H and O–H groups in total. The number of ether oxygens (including phenoxy) is 2. The number of rotatable bonds is 7. The van der Waals surface area contributed by atoms with Crippen molar-refractivity contribution in [2.45, 2.75) is 111 Å². The monoisotopic (exact) mass is 652 g/mol. The Bertz CT molecular complexity index is 1560. The van der Waals surface area contributed by atoms with Crippen LogP contribution in [0.5, 0.6) is 0 Å². The Labute approximate surface area is 275 Å². The fourth-order valence-corrected chi connectivity index (χ4v) is 10.1. The Morgan fingerprint density at radius 1 is 1.06 bits per heavy atom. The van der Waals surface area contributed by atoms with E-state index in [-0.39, 0.29) is 42.5 Å². The quantitative estimate of drug-likeness (QED) is 0.234. The van der Waals surface area contributed by atoms with Gasteiger partial charge in [0, 0.05) is 30.1 Å². The Kier molecular flexibility index (Phi) is 8.24. The smallest absolute Gasteiger partial charge is 0.374 e. The number of carbonyl (C=O) groups excluding carboxylic acids is 5. The Hall–Kier alpha value is -3.37. The van der Waals surface area contributed by atoms with Crippen LogP contribution < -0.4 is 0 Å². The van der Waals surface area contributed by atoms with E-state index in [1.54, 1.807) is 33.8 Å². The van der Waals surface area contributed by atoms with Gasteiger partial charge in [-0.15, -0.1) is 0 Å². The van der Waals surface area contributed by atoms with Crippen LogP contribution in [0, 0.1) is 39.4 Å². The molecule has 4 aliphatic carbocycles. The minimum atomic E-state index is -2.04. The molecule has 0 unspecified atom stereocenters. The molecule has 10 heteroatoms. The van der Waals surface area contributed by atoms with E-state index in [1.165, 1.54) is 38.3 Å².